The van der Waals surface area contributed by atoms with Crippen LogP contribution in [0.3, 0.4) is 0 Å². The number of benzene rings is 1. The van der Waals surface area contributed by atoms with E-state index < -0.39 is 0 Å². The second-order valence-corrected chi connectivity index (χ2v) is 5.00. The van der Waals surface area contributed by atoms with Crippen LogP contribution in [0.2, 0.25) is 0 Å². The van der Waals surface area contributed by atoms with Gasteiger partial charge in [-0.3, -0.25) is 0 Å². The lowest BCUT2D eigenvalue weighted by Crippen LogP contribution is -2.26. The Balaban J connectivity index is 2.37. The van der Waals surface area contributed by atoms with E-state index in [0.29, 0.717) is 12.0 Å². The van der Waals surface area contributed by atoms with Gasteiger partial charge in [-0.25, -0.2) is 0 Å². The van der Waals surface area contributed by atoms with Crippen molar-refractivity contribution in [2.24, 2.45) is 5.92 Å². The summed E-state index contributed by atoms with van der Waals surface area (Å²) in [5.74, 6) is 1.46. The van der Waals surface area contributed by atoms with E-state index in [1.54, 1.807) is 0 Å². The first-order chi connectivity index (χ1) is 8.61. The van der Waals surface area contributed by atoms with E-state index >= 15 is 0 Å². The molecular formula is C15H22N2O. The van der Waals surface area contributed by atoms with Crippen LogP contribution >= 0.6 is 0 Å². The van der Waals surface area contributed by atoms with Crippen LogP contribution in [0.15, 0.2) is 24.3 Å². The van der Waals surface area contributed by atoms with E-state index in [4.69, 9.17) is 10.00 Å². The molecule has 0 bridgehead atoms. The Hall–Kier alpha value is -1.53. The van der Waals surface area contributed by atoms with E-state index in [1.807, 2.05) is 30.3 Å². The first-order valence-corrected chi connectivity index (χ1v) is 6.44. The summed E-state index contributed by atoms with van der Waals surface area (Å²) in [5.41, 5.74) is 1.23. The molecule has 0 aliphatic carbocycles. The van der Waals surface area contributed by atoms with Crippen molar-refractivity contribution >= 4 is 0 Å². The zero-order chi connectivity index (χ0) is 13.4. The van der Waals surface area contributed by atoms with Crippen molar-refractivity contribution in [1.29, 1.82) is 5.26 Å². The maximum Gasteiger partial charge on any atom is 0.174 e. The monoisotopic (exact) mass is 246 g/mol. The molecule has 1 N–H and O–H groups in total. The first-order valence-electron chi connectivity index (χ1n) is 6.44. The van der Waals surface area contributed by atoms with Crippen molar-refractivity contribution < 1.29 is 4.74 Å². The molecule has 1 unspecified atom stereocenters. The third kappa shape index (κ3) is 5.70. The van der Waals surface area contributed by atoms with Gasteiger partial charge in [-0.05, 0) is 37.0 Å². The Morgan fingerprint density at radius 2 is 1.89 bits per heavy atom. The lowest BCUT2D eigenvalue weighted by atomic mass is 10.1. The Morgan fingerprint density at radius 3 is 2.44 bits per heavy atom. The Bertz CT molecular complexity index is 378. The summed E-state index contributed by atoms with van der Waals surface area (Å²) >= 11 is 0. The number of nitriles is 1. The molecule has 0 saturated carbocycles. The molecule has 0 radical (unpaired) electrons. The van der Waals surface area contributed by atoms with E-state index in [0.717, 1.165) is 12.3 Å². The predicted octanol–water partition coefficient (Wildman–Crippen LogP) is 3.11. The summed E-state index contributed by atoms with van der Waals surface area (Å²) in [6, 6.07) is 10.3. The maximum atomic E-state index is 8.41. The van der Waals surface area contributed by atoms with Gasteiger partial charge in [-0.1, -0.05) is 26.0 Å². The Kier molecular flexibility index (Phi) is 6.24. The van der Waals surface area contributed by atoms with E-state index in [-0.39, 0.29) is 6.61 Å². The second-order valence-electron chi connectivity index (χ2n) is 5.00. The lowest BCUT2D eigenvalue weighted by Gasteiger charge is -2.16. The van der Waals surface area contributed by atoms with Gasteiger partial charge in [0.25, 0.3) is 0 Å². The van der Waals surface area contributed by atoms with Crippen LogP contribution in [-0.2, 0) is 6.54 Å². The molecule has 0 heterocycles. The molecule has 0 aliphatic rings. The predicted molar refractivity (Wildman–Crippen MR) is 73.3 cm³/mol. The van der Waals surface area contributed by atoms with Crippen LogP contribution in [0.5, 0.6) is 5.75 Å². The molecule has 1 aromatic carbocycles. The summed E-state index contributed by atoms with van der Waals surface area (Å²) in [6.45, 7) is 7.65. The van der Waals surface area contributed by atoms with Gasteiger partial charge in [0.15, 0.2) is 6.61 Å². The van der Waals surface area contributed by atoms with Crippen molar-refractivity contribution in [3.63, 3.8) is 0 Å². The highest BCUT2D eigenvalue weighted by Gasteiger charge is 2.04. The minimum absolute atomic E-state index is 0.100. The van der Waals surface area contributed by atoms with Crippen molar-refractivity contribution in [2.75, 3.05) is 6.61 Å². The Labute approximate surface area is 110 Å². The third-order valence-corrected chi connectivity index (χ3v) is 2.71. The molecule has 1 rings (SSSR count). The molecule has 1 aromatic rings. The molecule has 3 nitrogen and oxygen atoms in total. The van der Waals surface area contributed by atoms with Crippen LogP contribution in [-0.4, -0.2) is 12.6 Å². The molecule has 0 amide bonds. The summed E-state index contributed by atoms with van der Waals surface area (Å²) in [6.07, 6.45) is 1.18. The van der Waals surface area contributed by atoms with Gasteiger partial charge in [-0.2, -0.15) is 5.26 Å². The molecule has 0 aromatic heterocycles. The molecule has 0 spiro atoms. The quantitative estimate of drug-likeness (QED) is 0.804. The van der Waals surface area contributed by atoms with Gasteiger partial charge in [0.1, 0.15) is 11.8 Å². The van der Waals surface area contributed by atoms with Crippen molar-refractivity contribution in [3.05, 3.63) is 29.8 Å². The highest BCUT2D eigenvalue weighted by molar-refractivity contribution is 5.27. The van der Waals surface area contributed by atoms with Gasteiger partial charge in [0, 0.05) is 12.6 Å². The van der Waals surface area contributed by atoms with Crippen LogP contribution in [0.25, 0.3) is 0 Å². The number of ether oxygens (including phenoxy) is 1. The van der Waals surface area contributed by atoms with Crippen molar-refractivity contribution in [2.45, 2.75) is 39.8 Å². The van der Waals surface area contributed by atoms with Crippen LogP contribution in [0.4, 0.5) is 0 Å². The molecule has 1 atom stereocenters. The standard InChI is InChI=1S/C15H22N2O/c1-12(2)10-13(3)17-11-14-4-6-15(7-5-14)18-9-8-16/h4-7,12-13,17H,9-11H2,1-3H3. The summed E-state index contributed by atoms with van der Waals surface area (Å²) in [4.78, 5) is 0. The minimum atomic E-state index is 0.100. The molecular weight excluding hydrogens is 224 g/mol. The topological polar surface area (TPSA) is 45.0 Å². The second kappa shape index (κ2) is 7.73. The fourth-order valence-electron chi connectivity index (χ4n) is 1.90. The van der Waals surface area contributed by atoms with Crippen molar-refractivity contribution in [3.8, 4) is 11.8 Å². The van der Waals surface area contributed by atoms with Gasteiger partial charge < -0.3 is 10.1 Å². The van der Waals surface area contributed by atoms with Gasteiger partial charge in [0.2, 0.25) is 0 Å². The number of hydrogen-bond acceptors (Lipinski definition) is 3. The van der Waals surface area contributed by atoms with Crippen molar-refractivity contribution in [1.82, 2.24) is 5.32 Å². The third-order valence-electron chi connectivity index (χ3n) is 2.71. The molecule has 98 valence electrons. The van der Waals surface area contributed by atoms with Crippen LogP contribution in [0, 0.1) is 17.2 Å². The highest BCUT2D eigenvalue weighted by atomic mass is 16.5. The first kappa shape index (κ1) is 14.5. The Morgan fingerprint density at radius 1 is 1.22 bits per heavy atom. The average molecular weight is 246 g/mol. The largest absolute Gasteiger partial charge is 0.479 e. The SMILES string of the molecule is CC(C)CC(C)NCc1ccc(OCC#N)cc1. The van der Waals surface area contributed by atoms with Crippen LogP contribution in [0.1, 0.15) is 32.8 Å². The molecule has 3 heteroatoms. The average Bonchev–Trinajstić information content (AvgIpc) is 2.34. The number of nitrogens with one attached hydrogen (secondary N) is 1. The summed E-state index contributed by atoms with van der Waals surface area (Å²) in [5, 5.41) is 11.9. The smallest absolute Gasteiger partial charge is 0.174 e. The summed E-state index contributed by atoms with van der Waals surface area (Å²) < 4.78 is 5.21. The van der Waals surface area contributed by atoms with E-state index in [9.17, 15) is 0 Å². The lowest BCUT2D eigenvalue weighted by molar-refractivity contribution is 0.368. The maximum absolute atomic E-state index is 8.41. The number of nitrogens with zero attached hydrogens (tertiary/aromatic N) is 1. The van der Waals surface area contributed by atoms with Crippen LogP contribution < -0.4 is 10.1 Å². The molecule has 18 heavy (non-hydrogen) atoms. The molecule has 0 aliphatic heterocycles. The minimum Gasteiger partial charge on any atom is -0.479 e. The van der Waals surface area contributed by atoms with Gasteiger partial charge in [0.05, 0.1) is 0 Å². The number of rotatable bonds is 7. The fourth-order valence-corrected chi connectivity index (χ4v) is 1.90. The van der Waals surface area contributed by atoms with E-state index in [2.05, 4.69) is 26.1 Å². The summed E-state index contributed by atoms with van der Waals surface area (Å²) in [7, 11) is 0. The van der Waals surface area contributed by atoms with Gasteiger partial charge in [-0.15, -0.1) is 0 Å². The van der Waals surface area contributed by atoms with E-state index in [1.165, 1.54) is 12.0 Å². The normalized spacial score (nSPS) is 12.2. The highest BCUT2D eigenvalue weighted by Crippen LogP contribution is 2.12. The zero-order valence-electron chi connectivity index (χ0n) is 11.4. The van der Waals surface area contributed by atoms with Gasteiger partial charge >= 0.3 is 0 Å². The fraction of sp³-hybridized carbons (Fsp3) is 0.533. The number of hydrogen-bond donors (Lipinski definition) is 1. The zero-order valence-corrected chi connectivity index (χ0v) is 11.4. The molecule has 0 fully saturated rings. The molecule has 0 saturated heterocycles.